The quantitative estimate of drug-likeness (QED) is 0.198. The first-order chi connectivity index (χ1) is 23.1. The van der Waals surface area contributed by atoms with E-state index < -0.39 is 48.1 Å². The van der Waals surface area contributed by atoms with Gasteiger partial charge in [-0.25, -0.2) is 0 Å². The van der Waals surface area contributed by atoms with Crippen LogP contribution in [0.1, 0.15) is 87.8 Å². The van der Waals surface area contributed by atoms with Crippen molar-refractivity contribution in [1.29, 1.82) is 0 Å². The lowest BCUT2D eigenvalue weighted by Crippen LogP contribution is -2.60. The lowest BCUT2D eigenvalue weighted by molar-refractivity contribution is -0.232. The number of carbonyl (C=O) groups is 2. The van der Waals surface area contributed by atoms with Crippen molar-refractivity contribution in [3.05, 3.63) is 70.3 Å². The van der Waals surface area contributed by atoms with Gasteiger partial charge in [0.15, 0.2) is 0 Å². The highest BCUT2D eigenvalue weighted by molar-refractivity contribution is 5.93. The lowest BCUT2D eigenvalue weighted by Gasteiger charge is -2.40. The number of benzene rings is 2. The van der Waals surface area contributed by atoms with Gasteiger partial charge < -0.3 is 45.4 Å². The summed E-state index contributed by atoms with van der Waals surface area (Å²) in [5.74, 6) is 0.375. The molecule has 11 nitrogen and oxygen atoms in total. The van der Waals surface area contributed by atoms with Crippen LogP contribution in [0, 0.1) is 5.41 Å². The number of methoxy groups -OCH3 is 1. The molecule has 0 spiro atoms. The highest BCUT2D eigenvalue weighted by atomic mass is 16.5. The van der Waals surface area contributed by atoms with Gasteiger partial charge in [0.1, 0.15) is 41.8 Å². The number of nitrogens with one attached hydrogen (secondary N) is 2. The minimum absolute atomic E-state index is 0.0913. The molecule has 1 unspecified atom stereocenters. The average Bonchev–Trinajstić information content (AvgIpc) is 3.09. The Morgan fingerprint density at radius 2 is 1.71 bits per heavy atom. The Morgan fingerprint density at radius 3 is 2.31 bits per heavy atom. The van der Waals surface area contributed by atoms with Crippen LogP contribution in [-0.2, 0) is 20.7 Å². The second-order valence-corrected chi connectivity index (χ2v) is 14.4. The summed E-state index contributed by atoms with van der Waals surface area (Å²) in [5.41, 5.74) is 2.67. The number of rotatable bonds is 12. The molecule has 2 aromatic carbocycles. The number of ether oxygens (including phenoxy) is 2. The molecule has 2 aromatic rings. The third kappa shape index (κ3) is 8.89. The maximum Gasteiger partial charge on any atom is 0.247 e. The van der Waals surface area contributed by atoms with Crippen LogP contribution < -0.4 is 15.4 Å². The van der Waals surface area contributed by atoms with E-state index in [1.807, 2.05) is 62.4 Å². The second kappa shape index (κ2) is 16.1. The fourth-order valence-corrected chi connectivity index (χ4v) is 6.36. The highest BCUT2D eigenvalue weighted by Gasteiger charge is 2.45. The van der Waals surface area contributed by atoms with Crippen LogP contribution in [0.15, 0.2) is 42.5 Å². The lowest BCUT2D eigenvalue weighted by atomic mass is 9.85. The first kappa shape index (κ1) is 38.5. The largest absolute Gasteiger partial charge is 0.496 e. The summed E-state index contributed by atoms with van der Waals surface area (Å²) in [4.78, 5) is 28.2. The summed E-state index contributed by atoms with van der Waals surface area (Å²) in [6.45, 7) is 13.6. The third-order valence-electron chi connectivity index (χ3n) is 9.85. The predicted molar refractivity (Wildman–Crippen MR) is 188 cm³/mol. The number of hydrogen-bond donors (Lipinski definition) is 6. The van der Waals surface area contributed by atoms with Gasteiger partial charge in [0.25, 0.3) is 0 Å². The Hall–Kier alpha value is -3.32. The Balaban J connectivity index is 1.52. The van der Waals surface area contributed by atoms with Gasteiger partial charge in [0, 0.05) is 31.7 Å². The van der Waals surface area contributed by atoms with Gasteiger partial charge in [0.05, 0.1) is 19.1 Å². The third-order valence-corrected chi connectivity index (χ3v) is 9.85. The van der Waals surface area contributed by atoms with Crippen molar-refractivity contribution in [3.8, 4) is 5.75 Å². The zero-order valence-corrected chi connectivity index (χ0v) is 29.9. The van der Waals surface area contributed by atoms with Crippen molar-refractivity contribution in [2.45, 2.75) is 96.4 Å². The molecular formula is C38H55N3O8. The van der Waals surface area contributed by atoms with E-state index >= 15 is 0 Å². The van der Waals surface area contributed by atoms with Crippen LogP contribution in [-0.4, -0.2) is 107 Å². The molecule has 2 amide bonds. The molecule has 2 saturated heterocycles. The van der Waals surface area contributed by atoms with Crippen molar-refractivity contribution in [2.24, 2.45) is 5.41 Å². The molecule has 11 heteroatoms. The van der Waals surface area contributed by atoms with Gasteiger partial charge in [-0.2, -0.15) is 0 Å². The van der Waals surface area contributed by atoms with Gasteiger partial charge in [-0.3, -0.25) is 9.59 Å². The molecule has 2 aliphatic rings. The highest BCUT2D eigenvalue weighted by Crippen LogP contribution is 2.40. The average molecular weight is 682 g/mol. The van der Waals surface area contributed by atoms with E-state index in [1.54, 1.807) is 18.7 Å². The Labute approximate surface area is 290 Å². The number of amides is 2. The van der Waals surface area contributed by atoms with Crippen LogP contribution in [0.25, 0.3) is 6.08 Å². The Bertz CT molecular complexity index is 1470. The smallest absolute Gasteiger partial charge is 0.247 e. The van der Waals surface area contributed by atoms with Crippen LogP contribution >= 0.6 is 0 Å². The molecule has 2 fully saturated rings. The van der Waals surface area contributed by atoms with Gasteiger partial charge in [0.2, 0.25) is 11.8 Å². The van der Waals surface area contributed by atoms with E-state index in [1.165, 1.54) is 7.11 Å². The molecule has 0 aromatic heterocycles. The molecule has 0 saturated carbocycles. The fraction of sp³-hybridized carbons (Fsp3) is 0.579. The monoisotopic (exact) mass is 681 g/mol. The van der Waals surface area contributed by atoms with Crippen molar-refractivity contribution in [2.75, 3.05) is 39.9 Å². The van der Waals surface area contributed by atoms with Gasteiger partial charge in [-0.15, -0.1) is 0 Å². The standard InChI is InChI=1S/C38H55N3O8/c1-8-23(2)27-21-29(48-7)28(34-33(45)32(44)31(43)30(22-42)49-34)20-26(27)19-25-11-9-24(10-12-25)13-14-37(3,4)35(46)40-38(5,6)36(47)41-17-15-39-16-18-41/h9-14,20-21,23,30-34,39,42-45H,8,15-19,22H2,1-7H3,(H,40,46)/b14-13+/t23?,30-,31+,32+,33+,34+/m1/s1. The molecule has 0 radical (unpaired) electrons. The maximum atomic E-state index is 13.3. The molecule has 0 aliphatic carbocycles. The van der Waals surface area contributed by atoms with Crippen molar-refractivity contribution < 1.29 is 39.5 Å². The number of piperazine rings is 1. The van der Waals surface area contributed by atoms with Crippen LogP contribution in [0.4, 0.5) is 0 Å². The molecule has 2 aliphatic heterocycles. The molecule has 270 valence electrons. The van der Waals surface area contributed by atoms with Crippen molar-refractivity contribution in [1.82, 2.24) is 15.5 Å². The minimum atomic E-state index is -1.50. The SMILES string of the molecule is CCC(C)c1cc(OC)c([C@@H]2O[C@H](CO)[C@H](O)[C@H](O)[C@@H]2O)cc1Cc1ccc(/C=C/C(C)(C)C(=O)NC(C)(C)C(=O)N2CCNCC2)cc1. The first-order valence-corrected chi connectivity index (χ1v) is 17.3. The topological polar surface area (TPSA) is 161 Å². The van der Waals surface area contributed by atoms with Gasteiger partial charge >= 0.3 is 0 Å². The molecule has 4 rings (SSSR count). The van der Waals surface area contributed by atoms with Crippen molar-refractivity contribution >= 4 is 17.9 Å². The zero-order chi connectivity index (χ0) is 36.1. The predicted octanol–water partition coefficient (Wildman–Crippen LogP) is 2.68. The maximum absolute atomic E-state index is 13.3. The van der Waals surface area contributed by atoms with Crippen LogP contribution in [0.3, 0.4) is 0 Å². The van der Waals surface area contributed by atoms with Crippen LogP contribution in [0.2, 0.25) is 0 Å². The minimum Gasteiger partial charge on any atom is -0.496 e. The summed E-state index contributed by atoms with van der Waals surface area (Å²) in [7, 11) is 1.54. The van der Waals surface area contributed by atoms with Crippen LogP contribution in [0.5, 0.6) is 5.75 Å². The van der Waals surface area contributed by atoms with Gasteiger partial charge in [-0.05, 0) is 80.8 Å². The van der Waals surface area contributed by atoms with Gasteiger partial charge in [-0.1, -0.05) is 50.3 Å². The summed E-state index contributed by atoms with van der Waals surface area (Å²) < 4.78 is 11.6. The second-order valence-electron chi connectivity index (χ2n) is 14.4. The van der Waals surface area contributed by atoms with Crippen molar-refractivity contribution in [3.63, 3.8) is 0 Å². The molecular weight excluding hydrogens is 626 g/mol. The molecule has 6 N–H and O–H groups in total. The normalized spacial score (nSPS) is 24.1. The summed E-state index contributed by atoms with van der Waals surface area (Å²) in [6, 6.07) is 11.9. The Kier molecular flexibility index (Phi) is 12.7. The van der Waals surface area contributed by atoms with E-state index in [0.717, 1.165) is 41.8 Å². The van der Waals surface area contributed by atoms with E-state index in [2.05, 4.69) is 24.5 Å². The fourth-order valence-electron chi connectivity index (χ4n) is 6.36. The molecule has 49 heavy (non-hydrogen) atoms. The number of carbonyl (C=O) groups excluding carboxylic acids is 2. The number of aliphatic hydroxyl groups excluding tert-OH is 4. The number of aliphatic hydroxyl groups is 4. The molecule has 0 bridgehead atoms. The summed E-state index contributed by atoms with van der Waals surface area (Å²) in [6.07, 6.45) is -1.21. The van der Waals surface area contributed by atoms with E-state index in [9.17, 15) is 30.0 Å². The zero-order valence-electron chi connectivity index (χ0n) is 29.9. The van der Waals surface area contributed by atoms with E-state index in [-0.39, 0.29) is 17.7 Å². The van der Waals surface area contributed by atoms with E-state index in [0.29, 0.717) is 30.8 Å². The Morgan fingerprint density at radius 1 is 1.06 bits per heavy atom. The first-order valence-electron chi connectivity index (χ1n) is 17.3. The summed E-state index contributed by atoms with van der Waals surface area (Å²) >= 11 is 0. The number of hydrogen-bond acceptors (Lipinski definition) is 9. The number of nitrogens with zero attached hydrogens (tertiary/aromatic N) is 1. The molecule has 2 heterocycles. The summed E-state index contributed by atoms with van der Waals surface area (Å²) in [5, 5.41) is 47.6. The van der Waals surface area contributed by atoms with E-state index in [4.69, 9.17) is 9.47 Å². The molecule has 6 atom stereocenters.